The minimum absolute atomic E-state index is 0.260. The van der Waals surface area contributed by atoms with E-state index >= 15 is 0 Å². The van der Waals surface area contributed by atoms with Crippen LogP contribution < -0.4 is 4.74 Å². The second-order valence-electron chi connectivity index (χ2n) is 7.78. The maximum absolute atomic E-state index is 5.87. The number of fused-ring (bicyclic) bond motifs is 1. The van der Waals surface area contributed by atoms with Crippen LogP contribution >= 0.6 is 11.8 Å². The number of nitrogens with zero attached hydrogens (tertiary/aromatic N) is 4. The Kier molecular flexibility index (Phi) is 5.51. The van der Waals surface area contributed by atoms with Crippen molar-refractivity contribution in [1.29, 1.82) is 0 Å². The van der Waals surface area contributed by atoms with Gasteiger partial charge in [0, 0.05) is 11.4 Å². The molecule has 0 radical (unpaired) electrons. The first-order valence-corrected chi connectivity index (χ1v) is 11.5. The minimum Gasteiger partial charge on any atom is -0.484 e. The summed E-state index contributed by atoms with van der Waals surface area (Å²) in [4.78, 5) is 0. The van der Waals surface area contributed by atoms with Crippen molar-refractivity contribution in [3.05, 3.63) is 82.5 Å². The van der Waals surface area contributed by atoms with Crippen LogP contribution in [-0.4, -0.2) is 20.0 Å². The number of aryl methyl sites for hydroxylation is 2. The van der Waals surface area contributed by atoms with Crippen molar-refractivity contribution < 1.29 is 9.15 Å². The van der Waals surface area contributed by atoms with Gasteiger partial charge < -0.3 is 9.15 Å². The maximum atomic E-state index is 5.87. The summed E-state index contributed by atoms with van der Waals surface area (Å²) in [7, 11) is 0. The number of rotatable bonds is 7. The largest absolute Gasteiger partial charge is 0.484 e. The lowest BCUT2D eigenvalue weighted by atomic mass is 10.1. The zero-order valence-electron chi connectivity index (χ0n) is 17.7. The van der Waals surface area contributed by atoms with E-state index in [1.54, 1.807) is 0 Å². The van der Waals surface area contributed by atoms with Crippen molar-refractivity contribution >= 4 is 11.8 Å². The Labute approximate surface area is 185 Å². The Morgan fingerprint density at radius 3 is 2.81 bits per heavy atom. The van der Waals surface area contributed by atoms with Crippen LogP contribution in [0.25, 0.3) is 5.69 Å². The summed E-state index contributed by atoms with van der Waals surface area (Å²) in [5, 5.41) is 13.7. The molecule has 2 aromatic heterocycles. The second kappa shape index (κ2) is 8.59. The Hall–Kier alpha value is -3.06. The molecule has 4 aromatic rings. The van der Waals surface area contributed by atoms with E-state index in [9.17, 15) is 0 Å². The summed E-state index contributed by atoms with van der Waals surface area (Å²) in [6.07, 6.45) is 3.33. The van der Waals surface area contributed by atoms with Gasteiger partial charge in [-0.15, -0.1) is 10.2 Å². The molecular formula is C24H24N4O2S. The first-order valence-electron chi connectivity index (χ1n) is 10.5. The molecule has 0 spiro atoms. The highest BCUT2D eigenvalue weighted by atomic mass is 32.2. The van der Waals surface area contributed by atoms with Crippen LogP contribution in [0.1, 0.15) is 40.4 Å². The molecule has 6 nitrogen and oxygen atoms in total. The molecule has 2 heterocycles. The summed E-state index contributed by atoms with van der Waals surface area (Å²) in [6.45, 7) is 4.33. The number of benzene rings is 2. The maximum Gasteiger partial charge on any atom is 0.277 e. The molecule has 0 unspecified atom stereocenters. The zero-order valence-corrected chi connectivity index (χ0v) is 18.5. The van der Waals surface area contributed by atoms with E-state index < -0.39 is 0 Å². The van der Waals surface area contributed by atoms with Crippen molar-refractivity contribution in [2.75, 3.05) is 0 Å². The van der Waals surface area contributed by atoms with Gasteiger partial charge in [0.2, 0.25) is 0 Å². The second-order valence-corrected chi connectivity index (χ2v) is 8.71. The van der Waals surface area contributed by atoms with Gasteiger partial charge in [-0.05, 0) is 68.0 Å². The van der Waals surface area contributed by atoms with Gasteiger partial charge in [0.1, 0.15) is 5.75 Å². The lowest BCUT2D eigenvalue weighted by Gasteiger charge is -2.07. The van der Waals surface area contributed by atoms with Crippen LogP contribution in [0.15, 0.2) is 58.2 Å². The molecule has 0 fully saturated rings. The predicted molar refractivity (Wildman–Crippen MR) is 120 cm³/mol. The van der Waals surface area contributed by atoms with Crippen molar-refractivity contribution in [2.24, 2.45) is 0 Å². The predicted octanol–water partition coefficient (Wildman–Crippen LogP) is 5.23. The van der Waals surface area contributed by atoms with Crippen LogP contribution in [0.2, 0.25) is 0 Å². The van der Waals surface area contributed by atoms with Gasteiger partial charge in [-0.25, -0.2) is 4.68 Å². The average Bonchev–Trinajstić information content (AvgIpc) is 3.51. The van der Waals surface area contributed by atoms with Crippen molar-refractivity contribution in [1.82, 2.24) is 20.0 Å². The molecule has 1 aliphatic rings. The highest BCUT2D eigenvalue weighted by Crippen LogP contribution is 2.31. The Bertz CT molecular complexity index is 1200. The van der Waals surface area contributed by atoms with Crippen LogP contribution in [0.3, 0.4) is 0 Å². The highest BCUT2D eigenvalue weighted by Gasteiger charge is 2.23. The van der Waals surface area contributed by atoms with Crippen molar-refractivity contribution in [2.45, 2.75) is 50.7 Å². The van der Waals surface area contributed by atoms with Gasteiger partial charge in [-0.1, -0.05) is 42.1 Å². The summed E-state index contributed by atoms with van der Waals surface area (Å²) in [6, 6.07) is 16.5. The SMILES string of the molecule is Cc1ccc(C)c(OCc2nnc(SCc3nn(-c4ccccc4)c4c3CCC4)o2)c1. The van der Waals surface area contributed by atoms with Gasteiger partial charge >= 0.3 is 0 Å². The molecule has 31 heavy (non-hydrogen) atoms. The first kappa shape index (κ1) is 19.9. The third-order valence-electron chi connectivity index (χ3n) is 5.49. The number of ether oxygens (including phenoxy) is 1. The van der Waals surface area contributed by atoms with Gasteiger partial charge in [0.25, 0.3) is 11.1 Å². The minimum atomic E-state index is 0.260. The van der Waals surface area contributed by atoms with E-state index in [4.69, 9.17) is 14.3 Å². The fourth-order valence-corrected chi connectivity index (χ4v) is 4.65. The summed E-state index contributed by atoms with van der Waals surface area (Å²) < 4.78 is 13.8. The van der Waals surface area contributed by atoms with Gasteiger partial charge in [0.15, 0.2) is 6.61 Å². The fourth-order valence-electron chi connectivity index (χ4n) is 3.90. The lowest BCUT2D eigenvalue weighted by Crippen LogP contribution is -2.01. The number of thioether (sulfide) groups is 1. The van der Waals surface area contributed by atoms with Gasteiger partial charge in [0.05, 0.1) is 11.4 Å². The molecule has 0 saturated carbocycles. The normalized spacial score (nSPS) is 12.8. The van der Waals surface area contributed by atoms with E-state index in [1.807, 2.05) is 44.2 Å². The van der Waals surface area contributed by atoms with E-state index in [1.165, 1.54) is 29.4 Å². The van der Waals surface area contributed by atoms with E-state index in [0.717, 1.165) is 41.1 Å². The van der Waals surface area contributed by atoms with Crippen LogP contribution in [0.4, 0.5) is 0 Å². The zero-order chi connectivity index (χ0) is 21.2. The quantitative estimate of drug-likeness (QED) is 0.373. The van der Waals surface area contributed by atoms with Crippen LogP contribution in [-0.2, 0) is 25.2 Å². The van der Waals surface area contributed by atoms with Crippen molar-refractivity contribution in [3.63, 3.8) is 0 Å². The molecule has 7 heteroatoms. The third-order valence-corrected chi connectivity index (χ3v) is 6.32. The molecular weight excluding hydrogens is 408 g/mol. The Morgan fingerprint density at radius 1 is 1.06 bits per heavy atom. The van der Waals surface area contributed by atoms with E-state index in [2.05, 4.69) is 33.1 Å². The van der Waals surface area contributed by atoms with Gasteiger partial charge in [-0.2, -0.15) is 5.10 Å². The van der Waals surface area contributed by atoms with Gasteiger partial charge in [-0.3, -0.25) is 0 Å². The number of para-hydroxylation sites is 1. The molecule has 0 aliphatic heterocycles. The average molecular weight is 433 g/mol. The Balaban J connectivity index is 1.25. The molecule has 0 saturated heterocycles. The topological polar surface area (TPSA) is 66.0 Å². The molecule has 0 bridgehead atoms. The standard InChI is InChI=1S/C24H24N4O2S/c1-16-11-12-17(2)22(13-16)29-14-23-25-26-24(30-23)31-15-20-19-9-6-10-21(19)28(27-20)18-7-4-3-5-8-18/h3-5,7-8,11-13H,6,9-10,14-15H2,1-2H3. The number of hydrogen-bond donors (Lipinski definition) is 0. The lowest BCUT2D eigenvalue weighted by molar-refractivity contribution is 0.250. The van der Waals surface area contributed by atoms with Crippen LogP contribution in [0, 0.1) is 13.8 Å². The number of aromatic nitrogens is 4. The highest BCUT2D eigenvalue weighted by molar-refractivity contribution is 7.98. The smallest absolute Gasteiger partial charge is 0.277 e. The Morgan fingerprint density at radius 2 is 1.94 bits per heavy atom. The molecule has 0 amide bonds. The molecule has 0 atom stereocenters. The van der Waals surface area contributed by atoms with Crippen molar-refractivity contribution in [3.8, 4) is 11.4 Å². The molecule has 2 aromatic carbocycles. The summed E-state index contributed by atoms with van der Waals surface area (Å²) in [5.74, 6) is 2.03. The molecule has 158 valence electrons. The third kappa shape index (κ3) is 4.23. The molecule has 0 N–H and O–H groups in total. The molecule has 5 rings (SSSR count). The summed E-state index contributed by atoms with van der Waals surface area (Å²) >= 11 is 1.52. The fraction of sp³-hybridized carbons (Fsp3) is 0.292. The monoisotopic (exact) mass is 432 g/mol. The molecule has 1 aliphatic carbocycles. The first-order chi connectivity index (χ1) is 15.2. The summed E-state index contributed by atoms with van der Waals surface area (Å²) in [5.41, 5.74) is 7.16. The van der Waals surface area contributed by atoms with E-state index in [-0.39, 0.29) is 6.61 Å². The van der Waals surface area contributed by atoms with E-state index in [0.29, 0.717) is 16.9 Å². The van der Waals surface area contributed by atoms with Crippen LogP contribution in [0.5, 0.6) is 5.75 Å². The number of hydrogen-bond acceptors (Lipinski definition) is 6.